The molecule has 1 aliphatic rings. The highest BCUT2D eigenvalue weighted by Gasteiger charge is 2.27. The molecule has 1 aromatic heterocycles. The summed E-state index contributed by atoms with van der Waals surface area (Å²) in [6.07, 6.45) is 3.25. The van der Waals surface area contributed by atoms with Crippen LogP contribution in [0.4, 0.5) is 11.5 Å². The number of aromatic nitrogens is 2. The van der Waals surface area contributed by atoms with E-state index in [1.165, 1.54) is 13.4 Å². The predicted octanol–water partition coefficient (Wildman–Crippen LogP) is 0.0298. The number of carbonyl (C=O) groups excluding carboxylic acids is 1. The standard InChI is InChI=1S/C12H19N5O2/c1-14-11(18)8-4-3-5-17(6-8)10-9(13)12(19-2)16-7-15-10/h7-8H,3-6,13H2,1-2H3,(H,14,18). The van der Waals surface area contributed by atoms with Gasteiger partial charge in [0.05, 0.1) is 13.0 Å². The summed E-state index contributed by atoms with van der Waals surface area (Å²) >= 11 is 0. The molecule has 1 aliphatic heterocycles. The zero-order chi connectivity index (χ0) is 13.8. The second-order valence-electron chi connectivity index (χ2n) is 4.52. The lowest BCUT2D eigenvalue weighted by atomic mass is 9.97. The van der Waals surface area contributed by atoms with E-state index in [-0.39, 0.29) is 11.8 Å². The molecule has 19 heavy (non-hydrogen) atoms. The number of nitrogens with two attached hydrogens (primary N) is 1. The van der Waals surface area contributed by atoms with Crippen molar-refractivity contribution in [1.29, 1.82) is 0 Å². The zero-order valence-electron chi connectivity index (χ0n) is 11.2. The molecule has 1 aromatic rings. The SMILES string of the molecule is CNC(=O)C1CCCN(c2ncnc(OC)c2N)C1. The zero-order valence-corrected chi connectivity index (χ0v) is 11.2. The topological polar surface area (TPSA) is 93.4 Å². The average Bonchev–Trinajstić information content (AvgIpc) is 2.46. The predicted molar refractivity (Wildman–Crippen MR) is 72.0 cm³/mol. The first kappa shape index (κ1) is 13.4. The summed E-state index contributed by atoms with van der Waals surface area (Å²) in [7, 11) is 3.18. The second-order valence-corrected chi connectivity index (χ2v) is 4.52. The van der Waals surface area contributed by atoms with E-state index >= 15 is 0 Å². The summed E-state index contributed by atoms with van der Waals surface area (Å²) in [5.41, 5.74) is 6.41. The van der Waals surface area contributed by atoms with E-state index in [9.17, 15) is 4.79 Å². The maximum absolute atomic E-state index is 11.7. The molecule has 1 unspecified atom stereocenters. The van der Waals surface area contributed by atoms with Crippen LogP contribution in [0.25, 0.3) is 0 Å². The van der Waals surface area contributed by atoms with Gasteiger partial charge >= 0.3 is 0 Å². The molecule has 1 fully saturated rings. The van der Waals surface area contributed by atoms with Gasteiger partial charge in [0.15, 0.2) is 5.82 Å². The lowest BCUT2D eigenvalue weighted by Gasteiger charge is -2.33. The van der Waals surface area contributed by atoms with Crippen molar-refractivity contribution in [2.45, 2.75) is 12.8 Å². The van der Waals surface area contributed by atoms with Crippen molar-refractivity contribution in [3.8, 4) is 5.88 Å². The van der Waals surface area contributed by atoms with Gasteiger partial charge in [0.2, 0.25) is 11.8 Å². The quantitative estimate of drug-likeness (QED) is 0.801. The molecule has 3 N–H and O–H groups in total. The Labute approximate surface area is 112 Å². The molecule has 0 spiro atoms. The molecular formula is C12H19N5O2. The van der Waals surface area contributed by atoms with Gasteiger partial charge in [0.25, 0.3) is 0 Å². The smallest absolute Gasteiger partial charge is 0.242 e. The van der Waals surface area contributed by atoms with Crippen LogP contribution in [0.15, 0.2) is 6.33 Å². The third kappa shape index (κ3) is 2.69. The molecule has 2 rings (SSSR count). The first-order chi connectivity index (χ1) is 9.17. The molecule has 1 saturated heterocycles. The van der Waals surface area contributed by atoms with E-state index < -0.39 is 0 Å². The van der Waals surface area contributed by atoms with Gasteiger partial charge in [0.1, 0.15) is 12.0 Å². The lowest BCUT2D eigenvalue weighted by Crippen LogP contribution is -2.42. The number of piperidine rings is 1. The number of methoxy groups -OCH3 is 1. The van der Waals surface area contributed by atoms with E-state index in [1.807, 2.05) is 4.90 Å². The van der Waals surface area contributed by atoms with Crippen molar-refractivity contribution in [3.05, 3.63) is 6.33 Å². The van der Waals surface area contributed by atoms with Gasteiger partial charge in [-0.2, -0.15) is 4.98 Å². The number of nitrogen functional groups attached to an aromatic ring is 1. The van der Waals surface area contributed by atoms with Gasteiger partial charge in [-0.15, -0.1) is 0 Å². The minimum Gasteiger partial charge on any atom is -0.479 e. The number of anilines is 2. The van der Waals surface area contributed by atoms with E-state index in [1.54, 1.807) is 7.05 Å². The Morgan fingerprint density at radius 2 is 2.37 bits per heavy atom. The van der Waals surface area contributed by atoms with Crippen molar-refractivity contribution in [1.82, 2.24) is 15.3 Å². The molecule has 7 nitrogen and oxygen atoms in total. The van der Waals surface area contributed by atoms with E-state index in [0.29, 0.717) is 23.9 Å². The van der Waals surface area contributed by atoms with Crippen molar-refractivity contribution >= 4 is 17.4 Å². The number of hydrogen-bond donors (Lipinski definition) is 2. The summed E-state index contributed by atoms with van der Waals surface area (Å²) in [5.74, 6) is 1.04. The van der Waals surface area contributed by atoms with Gasteiger partial charge in [-0.25, -0.2) is 4.98 Å². The highest BCUT2D eigenvalue weighted by atomic mass is 16.5. The fourth-order valence-electron chi connectivity index (χ4n) is 2.37. The summed E-state index contributed by atoms with van der Waals surface area (Å²) in [5, 5.41) is 2.69. The summed E-state index contributed by atoms with van der Waals surface area (Å²) in [4.78, 5) is 21.9. The van der Waals surface area contributed by atoms with Crippen LogP contribution in [0.2, 0.25) is 0 Å². The highest BCUT2D eigenvalue weighted by molar-refractivity contribution is 5.79. The molecule has 0 aromatic carbocycles. The van der Waals surface area contributed by atoms with Crippen molar-refractivity contribution in [3.63, 3.8) is 0 Å². The Hall–Kier alpha value is -2.05. The molecule has 0 aliphatic carbocycles. The van der Waals surface area contributed by atoms with E-state index in [0.717, 1.165) is 19.4 Å². The number of ether oxygens (including phenoxy) is 1. The monoisotopic (exact) mass is 265 g/mol. The Morgan fingerprint density at radius 3 is 3.05 bits per heavy atom. The van der Waals surface area contributed by atoms with Crippen LogP contribution in [0.3, 0.4) is 0 Å². The molecule has 0 bridgehead atoms. The second kappa shape index (κ2) is 5.73. The first-order valence-electron chi connectivity index (χ1n) is 6.28. The van der Waals surface area contributed by atoms with Gasteiger partial charge < -0.3 is 20.7 Å². The molecule has 7 heteroatoms. The van der Waals surface area contributed by atoms with Crippen LogP contribution in [0.1, 0.15) is 12.8 Å². The fraction of sp³-hybridized carbons (Fsp3) is 0.583. The van der Waals surface area contributed by atoms with Crippen LogP contribution >= 0.6 is 0 Å². The molecule has 1 amide bonds. The van der Waals surface area contributed by atoms with Gasteiger partial charge in [-0.05, 0) is 12.8 Å². The first-order valence-corrected chi connectivity index (χ1v) is 6.28. The number of hydrogen-bond acceptors (Lipinski definition) is 6. The molecule has 2 heterocycles. The average molecular weight is 265 g/mol. The minimum absolute atomic E-state index is 0.0286. The molecule has 1 atom stereocenters. The van der Waals surface area contributed by atoms with Crippen molar-refractivity contribution in [2.24, 2.45) is 5.92 Å². The Bertz CT molecular complexity index is 465. The lowest BCUT2D eigenvalue weighted by molar-refractivity contribution is -0.124. The van der Waals surface area contributed by atoms with Crippen LogP contribution in [0.5, 0.6) is 5.88 Å². The number of rotatable bonds is 3. The molecular weight excluding hydrogens is 246 g/mol. The van der Waals surface area contributed by atoms with Crippen LogP contribution in [0, 0.1) is 5.92 Å². The molecule has 104 valence electrons. The summed E-state index contributed by atoms with van der Waals surface area (Å²) in [6.45, 7) is 1.45. The van der Waals surface area contributed by atoms with Crippen LogP contribution in [-0.2, 0) is 4.79 Å². The third-order valence-electron chi connectivity index (χ3n) is 3.36. The van der Waals surface area contributed by atoms with Gasteiger partial charge in [-0.3, -0.25) is 4.79 Å². The molecule has 0 radical (unpaired) electrons. The highest BCUT2D eigenvalue weighted by Crippen LogP contribution is 2.30. The Kier molecular flexibility index (Phi) is 4.03. The summed E-state index contributed by atoms with van der Waals surface area (Å²) < 4.78 is 5.09. The Morgan fingerprint density at radius 1 is 1.58 bits per heavy atom. The number of carbonyl (C=O) groups is 1. The van der Waals surface area contributed by atoms with Crippen LogP contribution in [-0.4, -0.2) is 43.1 Å². The third-order valence-corrected chi connectivity index (χ3v) is 3.36. The maximum Gasteiger partial charge on any atom is 0.242 e. The Balaban J connectivity index is 2.20. The summed E-state index contributed by atoms with van der Waals surface area (Å²) in [6, 6.07) is 0. The number of nitrogens with zero attached hydrogens (tertiary/aromatic N) is 3. The van der Waals surface area contributed by atoms with Crippen molar-refractivity contribution in [2.75, 3.05) is 37.9 Å². The molecule has 0 saturated carbocycles. The van der Waals surface area contributed by atoms with E-state index in [4.69, 9.17) is 10.5 Å². The fourth-order valence-corrected chi connectivity index (χ4v) is 2.37. The maximum atomic E-state index is 11.7. The van der Waals surface area contributed by atoms with Gasteiger partial charge in [-0.1, -0.05) is 0 Å². The van der Waals surface area contributed by atoms with Gasteiger partial charge in [0, 0.05) is 20.1 Å². The largest absolute Gasteiger partial charge is 0.479 e. The van der Waals surface area contributed by atoms with Crippen molar-refractivity contribution < 1.29 is 9.53 Å². The van der Waals surface area contributed by atoms with E-state index in [2.05, 4.69) is 15.3 Å². The normalized spacial score (nSPS) is 19.1. The minimum atomic E-state index is -0.0286. The van der Waals surface area contributed by atoms with Crippen LogP contribution < -0.4 is 20.7 Å². The number of nitrogens with one attached hydrogen (secondary N) is 1. The number of amides is 1.